The van der Waals surface area contributed by atoms with Gasteiger partial charge in [-0.15, -0.1) is 0 Å². The molecule has 2 rings (SSSR count). The highest BCUT2D eigenvalue weighted by atomic mass is 15.0. The maximum atomic E-state index is 4.38. The summed E-state index contributed by atoms with van der Waals surface area (Å²) in [6.45, 7) is 4.36. The van der Waals surface area contributed by atoms with Gasteiger partial charge in [-0.25, -0.2) is 4.98 Å². The molecule has 0 bridgehead atoms. The van der Waals surface area contributed by atoms with Crippen LogP contribution in [0.3, 0.4) is 0 Å². The van der Waals surface area contributed by atoms with Gasteiger partial charge in [0.25, 0.3) is 0 Å². The van der Waals surface area contributed by atoms with E-state index in [0.717, 1.165) is 5.82 Å². The van der Waals surface area contributed by atoms with Gasteiger partial charge in [0.05, 0.1) is 0 Å². The molecule has 76 valence electrons. The van der Waals surface area contributed by atoms with Crippen molar-refractivity contribution in [2.75, 3.05) is 5.32 Å². The summed E-state index contributed by atoms with van der Waals surface area (Å²) >= 11 is 0. The van der Waals surface area contributed by atoms with E-state index in [1.807, 2.05) is 6.20 Å². The maximum absolute atomic E-state index is 4.38. The van der Waals surface area contributed by atoms with E-state index in [4.69, 9.17) is 0 Å². The largest absolute Gasteiger partial charge is 0.365 e. The Kier molecular flexibility index (Phi) is 2.44. The Labute approximate surface area is 85.7 Å². The second-order valence-corrected chi connectivity index (χ2v) is 4.61. The van der Waals surface area contributed by atoms with Crippen molar-refractivity contribution in [1.82, 2.24) is 4.98 Å². The van der Waals surface area contributed by atoms with Gasteiger partial charge in [-0.1, -0.05) is 18.9 Å². The molecule has 0 spiro atoms. The van der Waals surface area contributed by atoms with E-state index in [9.17, 15) is 0 Å². The van der Waals surface area contributed by atoms with Gasteiger partial charge in [0, 0.05) is 11.7 Å². The van der Waals surface area contributed by atoms with Crippen molar-refractivity contribution in [1.29, 1.82) is 0 Å². The van der Waals surface area contributed by atoms with E-state index < -0.39 is 0 Å². The van der Waals surface area contributed by atoms with E-state index in [-0.39, 0.29) is 5.54 Å². The van der Waals surface area contributed by atoms with Gasteiger partial charge in [0.15, 0.2) is 0 Å². The van der Waals surface area contributed by atoms with Crippen LogP contribution in [0, 0.1) is 6.92 Å². The minimum atomic E-state index is 0.280. The molecular formula is C12H18N2. The molecule has 1 aromatic heterocycles. The molecule has 0 radical (unpaired) electrons. The topological polar surface area (TPSA) is 24.9 Å². The standard InChI is InChI=1S/C12H18N2/c1-10-5-6-11(13-9-10)14-12(2)7-3-4-8-12/h5-6,9H,3-4,7-8H2,1-2H3,(H,13,14). The van der Waals surface area contributed by atoms with Gasteiger partial charge in [0.1, 0.15) is 5.82 Å². The summed E-state index contributed by atoms with van der Waals surface area (Å²) in [6, 6.07) is 4.17. The summed E-state index contributed by atoms with van der Waals surface area (Å²) in [7, 11) is 0. The molecule has 1 aromatic rings. The Balaban J connectivity index is 2.06. The van der Waals surface area contributed by atoms with E-state index in [0.29, 0.717) is 0 Å². The van der Waals surface area contributed by atoms with Gasteiger partial charge >= 0.3 is 0 Å². The fourth-order valence-corrected chi connectivity index (χ4v) is 2.13. The average molecular weight is 190 g/mol. The molecule has 0 atom stereocenters. The molecule has 1 heterocycles. The first-order chi connectivity index (χ1) is 6.68. The smallest absolute Gasteiger partial charge is 0.126 e. The van der Waals surface area contributed by atoms with Crippen molar-refractivity contribution >= 4 is 5.82 Å². The number of aryl methyl sites for hydroxylation is 1. The molecular weight excluding hydrogens is 172 g/mol. The van der Waals surface area contributed by atoms with Crippen LogP contribution in [0.4, 0.5) is 5.82 Å². The third-order valence-corrected chi connectivity index (χ3v) is 3.05. The normalized spacial score (nSPS) is 19.6. The van der Waals surface area contributed by atoms with Crippen molar-refractivity contribution in [2.45, 2.75) is 45.1 Å². The number of pyridine rings is 1. The minimum absolute atomic E-state index is 0.280. The van der Waals surface area contributed by atoms with Gasteiger partial charge < -0.3 is 5.32 Å². The number of hydrogen-bond acceptors (Lipinski definition) is 2. The van der Waals surface area contributed by atoms with Crippen LogP contribution >= 0.6 is 0 Å². The summed E-state index contributed by atoms with van der Waals surface area (Å²) in [5.41, 5.74) is 1.49. The lowest BCUT2D eigenvalue weighted by Gasteiger charge is -2.25. The predicted molar refractivity (Wildman–Crippen MR) is 59.5 cm³/mol. The highest BCUT2D eigenvalue weighted by molar-refractivity contribution is 5.38. The zero-order chi connectivity index (χ0) is 10.0. The van der Waals surface area contributed by atoms with Crippen molar-refractivity contribution in [2.24, 2.45) is 0 Å². The molecule has 0 unspecified atom stereocenters. The Morgan fingerprint density at radius 2 is 2.00 bits per heavy atom. The lowest BCUT2D eigenvalue weighted by molar-refractivity contribution is 0.531. The zero-order valence-corrected chi connectivity index (χ0v) is 9.01. The lowest BCUT2D eigenvalue weighted by Crippen LogP contribution is -2.31. The Morgan fingerprint density at radius 1 is 1.29 bits per heavy atom. The van der Waals surface area contributed by atoms with Crippen LogP contribution in [0.15, 0.2) is 18.3 Å². The summed E-state index contributed by atoms with van der Waals surface area (Å²) in [5, 5.41) is 3.53. The van der Waals surface area contributed by atoms with Crippen LogP contribution in [0.2, 0.25) is 0 Å². The molecule has 0 aliphatic heterocycles. The van der Waals surface area contributed by atoms with Crippen molar-refractivity contribution < 1.29 is 0 Å². The molecule has 2 nitrogen and oxygen atoms in total. The predicted octanol–water partition coefficient (Wildman–Crippen LogP) is 3.13. The van der Waals surface area contributed by atoms with Crippen molar-refractivity contribution in [3.63, 3.8) is 0 Å². The number of anilines is 1. The highest BCUT2D eigenvalue weighted by Gasteiger charge is 2.28. The molecule has 1 fully saturated rings. The summed E-state index contributed by atoms with van der Waals surface area (Å²) in [4.78, 5) is 4.38. The number of rotatable bonds is 2. The first-order valence-corrected chi connectivity index (χ1v) is 5.39. The first kappa shape index (κ1) is 9.50. The second-order valence-electron chi connectivity index (χ2n) is 4.61. The Morgan fingerprint density at radius 3 is 2.57 bits per heavy atom. The van der Waals surface area contributed by atoms with Crippen LogP contribution in [0.5, 0.6) is 0 Å². The summed E-state index contributed by atoms with van der Waals surface area (Å²) in [5.74, 6) is 1.01. The molecule has 1 aliphatic rings. The van der Waals surface area contributed by atoms with Gasteiger partial charge in [-0.2, -0.15) is 0 Å². The van der Waals surface area contributed by atoms with E-state index in [1.54, 1.807) is 0 Å². The van der Waals surface area contributed by atoms with Crippen LogP contribution in [0.1, 0.15) is 38.2 Å². The van der Waals surface area contributed by atoms with Crippen molar-refractivity contribution in [3.8, 4) is 0 Å². The third-order valence-electron chi connectivity index (χ3n) is 3.05. The maximum Gasteiger partial charge on any atom is 0.126 e. The molecule has 1 aliphatic carbocycles. The molecule has 1 saturated carbocycles. The molecule has 2 heteroatoms. The van der Waals surface area contributed by atoms with E-state index in [1.165, 1.54) is 31.2 Å². The van der Waals surface area contributed by atoms with Crippen LogP contribution < -0.4 is 5.32 Å². The fraction of sp³-hybridized carbons (Fsp3) is 0.583. The van der Waals surface area contributed by atoms with Gasteiger partial charge in [-0.05, 0) is 38.3 Å². The monoisotopic (exact) mass is 190 g/mol. The molecule has 0 amide bonds. The number of nitrogens with zero attached hydrogens (tertiary/aromatic N) is 1. The molecule has 0 saturated heterocycles. The van der Waals surface area contributed by atoms with Gasteiger partial charge in [-0.3, -0.25) is 0 Å². The molecule has 1 N–H and O–H groups in total. The Bertz CT molecular complexity index is 297. The highest BCUT2D eigenvalue weighted by Crippen LogP contribution is 2.31. The Hall–Kier alpha value is -1.05. The van der Waals surface area contributed by atoms with Crippen molar-refractivity contribution in [3.05, 3.63) is 23.9 Å². The second kappa shape index (κ2) is 3.60. The summed E-state index contributed by atoms with van der Waals surface area (Å²) < 4.78 is 0. The van der Waals surface area contributed by atoms with Crippen LogP contribution in [-0.4, -0.2) is 10.5 Å². The first-order valence-electron chi connectivity index (χ1n) is 5.39. The van der Waals surface area contributed by atoms with Gasteiger partial charge in [0.2, 0.25) is 0 Å². The minimum Gasteiger partial charge on any atom is -0.365 e. The molecule has 0 aromatic carbocycles. The summed E-state index contributed by atoms with van der Waals surface area (Å²) in [6.07, 6.45) is 7.14. The average Bonchev–Trinajstić information content (AvgIpc) is 2.57. The number of hydrogen-bond donors (Lipinski definition) is 1. The number of nitrogens with one attached hydrogen (secondary N) is 1. The van der Waals surface area contributed by atoms with E-state index in [2.05, 4.69) is 36.3 Å². The third kappa shape index (κ3) is 2.06. The zero-order valence-electron chi connectivity index (χ0n) is 9.01. The lowest BCUT2D eigenvalue weighted by atomic mass is 10.0. The fourth-order valence-electron chi connectivity index (χ4n) is 2.13. The number of aromatic nitrogens is 1. The molecule has 14 heavy (non-hydrogen) atoms. The van der Waals surface area contributed by atoms with Crippen LogP contribution in [-0.2, 0) is 0 Å². The van der Waals surface area contributed by atoms with Crippen LogP contribution in [0.25, 0.3) is 0 Å². The van der Waals surface area contributed by atoms with E-state index >= 15 is 0 Å². The SMILES string of the molecule is Cc1ccc(NC2(C)CCCC2)nc1. The quantitative estimate of drug-likeness (QED) is 0.775.